The van der Waals surface area contributed by atoms with E-state index in [9.17, 15) is 13.6 Å². The third-order valence-electron chi connectivity index (χ3n) is 2.79. The lowest BCUT2D eigenvalue weighted by Crippen LogP contribution is -2.30. The van der Waals surface area contributed by atoms with Gasteiger partial charge < -0.3 is 14.7 Å². The molecule has 0 bridgehead atoms. The Kier molecular flexibility index (Phi) is 6.38. The Bertz CT molecular complexity index is 438. The molecule has 1 aromatic carbocycles. The fourth-order valence-electron chi connectivity index (χ4n) is 1.65. The van der Waals surface area contributed by atoms with Gasteiger partial charge in [-0.15, -0.1) is 0 Å². The number of carbonyl (C=O) groups excluding carboxylic acids is 1. The molecule has 112 valence electrons. The van der Waals surface area contributed by atoms with Crippen LogP contribution in [-0.2, 0) is 11.2 Å². The van der Waals surface area contributed by atoms with Gasteiger partial charge in [0.25, 0.3) is 0 Å². The molecular weight excluding hydrogens is 268 g/mol. The van der Waals surface area contributed by atoms with E-state index in [1.807, 2.05) is 0 Å². The standard InChI is InChI=1S/C14H19F2NO3/c1-10(18)6-7-17(2)13(19)9-11-4-3-5-12(8-11)20-14(15)16/h3-5,8,10,14,18H,6-7,9H2,1-2H3. The van der Waals surface area contributed by atoms with Gasteiger partial charge in [0, 0.05) is 13.6 Å². The fourth-order valence-corrected chi connectivity index (χ4v) is 1.65. The average Bonchev–Trinajstić information content (AvgIpc) is 2.35. The smallest absolute Gasteiger partial charge is 0.387 e. The second-order valence-electron chi connectivity index (χ2n) is 4.66. The quantitative estimate of drug-likeness (QED) is 0.835. The van der Waals surface area contributed by atoms with Crippen LogP contribution >= 0.6 is 0 Å². The van der Waals surface area contributed by atoms with E-state index in [4.69, 9.17) is 5.11 Å². The van der Waals surface area contributed by atoms with Crippen LogP contribution in [0.2, 0.25) is 0 Å². The molecule has 0 saturated heterocycles. The highest BCUT2D eigenvalue weighted by Crippen LogP contribution is 2.16. The van der Waals surface area contributed by atoms with Crippen LogP contribution in [0.1, 0.15) is 18.9 Å². The summed E-state index contributed by atoms with van der Waals surface area (Å²) in [7, 11) is 1.64. The van der Waals surface area contributed by atoms with Crippen molar-refractivity contribution < 1.29 is 23.4 Å². The van der Waals surface area contributed by atoms with Crippen molar-refractivity contribution in [3.8, 4) is 5.75 Å². The van der Waals surface area contributed by atoms with Gasteiger partial charge in [0.2, 0.25) is 5.91 Å². The summed E-state index contributed by atoms with van der Waals surface area (Å²) in [5.74, 6) is -0.100. The van der Waals surface area contributed by atoms with Crippen molar-refractivity contribution in [2.45, 2.75) is 32.5 Å². The topological polar surface area (TPSA) is 49.8 Å². The van der Waals surface area contributed by atoms with Crippen molar-refractivity contribution in [3.63, 3.8) is 0 Å². The predicted molar refractivity (Wildman–Crippen MR) is 70.7 cm³/mol. The van der Waals surface area contributed by atoms with Gasteiger partial charge >= 0.3 is 6.61 Å². The molecular formula is C14H19F2NO3. The maximum atomic E-state index is 12.1. The van der Waals surface area contributed by atoms with E-state index in [0.717, 1.165) is 0 Å². The van der Waals surface area contributed by atoms with Crippen molar-refractivity contribution >= 4 is 5.91 Å². The van der Waals surface area contributed by atoms with E-state index in [-0.39, 0.29) is 18.1 Å². The largest absolute Gasteiger partial charge is 0.435 e. The van der Waals surface area contributed by atoms with Crippen LogP contribution in [0.3, 0.4) is 0 Å². The maximum absolute atomic E-state index is 12.1. The molecule has 1 amide bonds. The highest BCUT2D eigenvalue weighted by Gasteiger charge is 2.12. The van der Waals surface area contributed by atoms with Gasteiger partial charge in [-0.1, -0.05) is 12.1 Å². The molecule has 1 unspecified atom stereocenters. The number of rotatable bonds is 7. The van der Waals surface area contributed by atoms with Crippen LogP contribution in [0.15, 0.2) is 24.3 Å². The Morgan fingerprint density at radius 3 is 2.75 bits per heavy atom. The van der Waals surface area contributed by atoms with Crippen molar-refractivity contribution in [2.75, 3.05) is 13.6 Å². The number of hydrogen-bond acceptors (Lipinski definition) is 3. The Balaban J connectivity index is 2.56. The summed E-state index contributed by atoms with van der Waals surface area (Å²) in [4.78, 5) is 13.4. The second-order valence-corrected chi connectivity index (χ2v) is 4.66. The minimum atomic E-state index is -2.88. The van der Waals surface area contributed by atoms with Gasteiger partial charge in [-0.2, -0.15) is 8.78 Å². The molecule has 1 rings (SSSR count). The van der Waals surface area contributed by atoms with E-state index >= 15 is 0 Å². The van der Waals surface area contributed by atoms with Gasteiger partial charge in [0.15, 0.2) is 0 Å². The highest BCUT2D eigenvalue weighted by molar-refractivity contribution is 5.78. The van der Waals surface area contributed by atoms with Crippen LogP contribution < -0.4 is 4.74 Å². The molecule has 0 aliphatic heterocycles. The molecule has 0 fully saturated rings. The first-order valence-corrected chi connectivity index (χ1v) is 6.34. The number of nitrogens with zero attached hydrogens (tertiary/aromatic N) is 1. The Morgan fingerprint density at radius 2 is 2.15 bits per heavy atom. The first-order valence-electron chi connectivity index (χ1n) is 6.34. The molecule has 20 heavy (non-hydrogen) atoms. The number of hydrogen-bond donors (Lipinski definition) is 1. The van der Waals surface area contributed by atoms with Gasteiger partial charge in [-0.25, -0.2) is 0 Å². The summed E-state index contributed by atoms with van der Waals surface area (Å²) >= 11 is 0. The van der Waals surface area contributed by atoms with E-state index in [2.05, 4.69) is 4.74 Å². The lowest BCUT2D eigenvalue weighted by atomic mass is 10.1. The summed E-state index contributed by atoms with van der Waals surface area (Å²) in [5, 5.41) is 9.17. The van der Waals surface area contributed by atoms with Crippen LogP contribution in [-0.4, -0.2) is 42.2 Å². The van der Waals surface area contributed by atoms with E-state index in [0.29, 0.717) is 18.5 Å². The summed E-state index contributed by atoms with van der Waals surface area (Å²) in [6, 6.07) is 6.08. The van der Waals surface area contributed by atoms with E-state index in [1.165, 1.54) is 17.0 Å². The predicted octanol–water partition coefficient (Wildman–Crippen LogP) is 2.06. The molecule has 1 N–H and O–H groups in total. The normalized spacial score (nSPS) is 12.3. The van der Waals surface area contributed by atoms with Crippen LogP contribution in [0, 0.1) is 0 Å². The molecule has 0 heterocycles. The summed E-state index contributed by atoms with van der Waals surface area (Å²) < 4.78 is 28.5. The second kappa shape index (κ2) is 7.79. The molecule has 4 nitrogen and oxygen atoms in total. The zero-order valence-corrected chi connectivity index (χ0v) is 11.6. The monoisotopic (exact) mass is 287 g/mol. The minimum Gasteiger partial charge on any atom is -0.435 e. The number of ether oxygens (including phenoxy) is 1. The van der Waals surface area contributed by atoms with Gasteiger partial charge in [-0.05, 0) is 31.0 Å². The van der Waals surface area contributed by atoms with E-state index < -0.39 is 12.7 Å². The number of carbonyl (C=O) groups is 1. The number of amides is 1. The Labute approximate surface area is 117 Å². The fraction of sp³-hybridized carbons (Fsp3) is 0.500. The maximum Gasteiger partial charge on any atom is 0.387 e. The summed E-state index contributed by atoms with van der Waals surface area (Å²) in [6.45, 7) is -0.776. The lowest BCUT2D eigenvalue weighted by molar-refractivity contribution is -0.129. The zero-order chi connectivity index (χ0) is 15.1. The number of aliphatic hydroxyl groups is 1. The Hall–Kier alpha value is -1.69. The third-order valence-corrected chi connectivity index (χ3v) is 2.79. The molecule has 0 aliphatic carbocycles. The molecule has 0 saturated carbocycles. The van der Waals surface area contributed by atoms with Crippen molar-refractivity contribution in [1.82, 2.24) is 4.90 Å². The van der Waals surface area contributed by atoms with Crippen molar-refractivity contribution in [2.24, 2.45) is 0 Å². The number of halogens is 2. The number of likely N-dealkylation sites (N-methyl/N-ethyl adjacent to an activating group) is 1. The van der Waals surface area contributed by atoms with Crippen molar-refractivity contribution in [3.05, 3.63) is 29.8 Å². The number of alkyl halides is 2. The minimum absolute atomic E-state index is 0.0388. The van der Waals surface area contributed by atoms with Crippen LogP contribution in [0.5, 0.6) is 5.75 Å². The molecule has 0 radical (unpaired) electrons. The molecule has 1 aromatic rings. The number of aliphatic hydroxyl groups excluding tert-OH is 1. The molecule has 1 atom stereocenters. The lowest BCUT2D eigenvalue weighted by Gasteiger charge is -2.18. The summed E-state index contributed by atoms with van der Waals surface area (Å²) in [5.41, 5.74) is 0.608. The van der Waals surface area contributed by atoms with Crippen LogP contribution in [0.25, 0.3) is 0 Å². The highest BCUT2D eigenvalue weighted by atomic mass is 19.3. The van der Waals surface area contributed by atoms with Crippen molar-refractivity contribution in [1.29, 1.82) is 0 Å². The third kappa shape index (κ3) is 5.97. The zero-order valence-electron chi connectivity index (χ0n) is 11.6. The molecule has 0 aromatic heterocycles. The van der Waals surface area contributed by atoms with Gasteiger partial charge in [-0.3, -0.25) is 4.79 Å². The van der Waals surface area contributed by atoms with Crippen LogP contribution in [0.4, 0.5) is 8.78 Å². The first kappa shape index (κ1) is 16.4. The average molecular weight is 287 g/mol. The molecule has 6 heteroatoms. The summed E-state index contributed by atoms with van der Waals surface area (Å²) in [6.07, 6.45) is 0.140. The molecule has 0 spiro atoms. The first-order chi connectivity index (χ1) is 9.38. The number of benzene rings is 1. The Morgan fingerprint density at radius 1 is 1.45 bits per heavy atom. The van der Waals surface area contributed by atoms with Gasteiger partial charge in [0.1, 0.15) is 5.75 Å². The SMILES string of the molecule is CC(O)CCN(C)C(=O)Cc1cccc(OC(F)F)c1. The van der Waals surface area contributed by atoms with Gasteiger partial charge in [0.05, 0.1) is 12.5 Å². The van der Waals surface area contributed by atoms with E-state index in [1.54, 1.807) is 26.1 Å². The molecule has 0 aliphatic rings.